The number of carbonyl (C=O) groups excluding carboxylic acids is 1. The summed E-state index contributed by atoms with van der Waals surface area (Å²) in [5, 5.41) is 0. The maximum atomic E-state index is 7.50. The Morgan fingerprint density at radius 2 is 0.500 bits per heavy atom. The van der Waals surface area contributed by atoms with Crippen LogP contribution in [0.3, 0.4) is 0 Å². The minimum atomic E-state index is 0. The molecule has 0 aliphatic carbocycles. The Balaban J connectivity index is -0.0000000699. The molecule has 24 heavy (non-hydrogen) atoms. The van der Waals surface area contributed by atoms with Crippen LogP contribution in [0.2, 0.25) is 0 Å². The van der Waals surface area contributed by atoms with Gasteiger partial charge in [0.15, 0.2) is 0 Å². The molecule has 0 atom stereocenters. The summed E-state index contributed by atoms with van der Waals surface area (Å²) < 4.78 is 0. The smallest absolute Gasteiger partial charge is 0.281 e. The molecule has 0 unspecified atom stereocenters. The molecule has 0 heterocycles. The summed E-state index contributed by atoms with van der Waals surface area (Å²) in [7, 11) is 1.34. The monoisotopic (exact) mass is 577 g/mol. The minimum absolute atomic E-state index is 0. The van der Waals surface area contributed by atoms with Crippen LogP contribution in [-0.2, 0) is 25.9 Å². The molecule has 1 nitrogen and oxygen atoms in total. The van der Waals surface area contributed by atoms with Crippen molar-refractivity contribution < 1.29 is 25.9 Å². The van der Waals surface area contributed by atoms with E-state index < -0.39 is 0 Å². The van der Waals surface area contributed by atoms with Crippen molar-refractivity contribution in [2.75, 3.05) is 55.5 Å². The van der Waals surface area contributed by atoms with Crippen molar-refractivity contribution in [1.82, 2.24) is 0 Å². The van der Waals surface area contributed by atoms with Crippen molar-refractivity contribution >= 4 is 30.6 Å². The second kappa shape index (κ2) is 35.7. The van der Waals surface area contributed by atoms with Crippen molar-refractivity contribution in [2.24, 2.45) is 0 Å². The molecule has 0 spiro atoms. The van der Waals surface area contributed by atoms with Crippen molar-refractivity contribution in [3.05, 3.63) is 0 Å². The normalized spacial score (nSPS) is 9.17. The van der Waals surface area contributed by atoms with Gasteiger partial charge in [-0.05, 0) is 55.5 Å². The Labute approximate surface area is 173 Å². The molecule has 0 N–H and O–H groups in total. The molecule has 0 aromatic heterocycles. The number of hydrogen-bond donors (Lipinski definition) is 0. The molecule has 152 valence electrons. The Morgan fingerprint density at radius 3 is 0.500 bits per heavy atom. The molecule has 2 radical (unpaired) electrons. The first-order chi connectivity index (χ1) is 11.0. The molecule has 0 bridgehead atoms. The first-order valence-corrected chi connectivity index (χ1v) is 15.1. The van der Waals surface area contributed by atoms with E-state index >= 15 is 0 Å². The van der Waals surface area contributed by atoms with Crippen LogP contribution in [0.25, 0.3) is 0 Å². The third kappa shape index (κ3) is 31.4. The van der Waals surface area contributed by atoms with Crippen molar-refractivity contribution in [3.63, 3.8) is 0 Å². The summed E-state index contributed by atoms with van der Waals surface area (Å²) in [5.41, 5.74) is 0. The van der Waals surface area contributed by atoms with Gasteiger partial charge in [-0.1, -0.05) is 62.3 Å². The molecule has 0 aliphatic rings. The van der Waals surface area contributed by atoms with Gasteiger partial charge < -0.3 is 0 Å². The Kier molecular flexibility index (Phi) is 54.4. The second-order valence-electron chi connectivity index (χ2n) is 4.86. The molecule has 0 saturated carbocycles. The molecule has 0 rings (SSSR count). The van der Waals surface area contributed by atoms with E-state index in [1.807, 2.05) is 0 Å². The molecule has 0 saturated heterocycles. The van der Waals surface area contributed by atoms with Crippen LogP contribution >= 0.6 is 23.8 Å². The largest absolute Gasteiger partial charge is 0.281 e. The van der Waals surface area contributed by atoms with Gasteiger partial charge in [0.25, 0.3) is 6.79 Å². The zero-order valence-electron chi connectivity index (χ0n) is 17.9. The third-order valence-electron chi connectivity index (χ3n) is 4.02. The topological polar surface area (TPSA) is 17.1 Å². The van der Waals surface area contributed by atoms with Crippen LogP contribution in [0.5, 0.6) is 0 Å². The van der Waals surface area contributed by atoms with Gasteiger partial charge in [0.05, 0.1) is 0 Å². The van der Waals surface area contributed by atoms with Gasteiger partial charge in [-0.15, -0.1) is 23.8 Å². The molecular formula is C19H45OP3Pt. The zero-order chi connectivity index (χ0) is 19.1. The summed E-state index contributed by atoms with van der Waals surface area (Å²) in [6, 6.07) is 0. The van der Waals surface area contributed by atoms with E-state index in [0.717, 1.165) is 0 Å². The Hall–Kier alpha value is 1.65. The molecule has 0 aromatic carbocycles. The van der Waals surface area contributed by atoms with E-state index in [0.29, 0.717) is 23.8 Å². The minimum Gasteiger partial charge on any atom is -0.281 e. The van der Waals surface area contributed by atoms with Gasteiger partial charge in [-0.2, -0.15) is 0 Å². The average molecular weight is 578 g/mol. The first kappa shape index (κ1) is 36.5. The predicted molar refractivity (Wildman–Crippen MR) is 121 cm³/mol. The van der Waals surface area contributed by atoms with Gasteiger partial charge in [-0.25, -0.2) is 0 Å². The summed E-state index contributed by atoms with van der Waals surface area (Å²) in [4.78, 5) is 7.50. The van der Waals surface area contributed by atoms with Gasteiger partial charge in [0.2, 0.25) is 0 Å². The van der Waals surface area contributed by atoms with Crippen LogP contribution in [0.4, 0.5) is 0 Å². The Bertz CT molecular complexity index is 129. The maximum Gasteiger partial charge on any atom is 0.281 e. The maximum absolute atomic E-state index is 7.50. The number of rotatable bonds is 9. The molecule has 0 aliphatic heterocycles. The van der Waals surface area contributed by atoms with Crippen molar-refractivity contribution in [1.29, 1.82) is 0 Å². The third-order valence-corrected chi connectivity index (χ3v) is 12.1. The van der Waals surface area contributed by atoms with E-state index in [9.17, 15) is 0 Å². The standard InChI is InChI=1S/3C6H15P.CO.Pt/c3*1-4-7(5-2)6-3;1-2;/h3*4-6H2,1-3H3;;. The SMILES string of the molecule is CCP(CC)CC.CCP(CC)CC.CCP(CC)CC.[C]=O.[Pt]. The van der Waals surface area contributed by atoms with Crippen LogP contribution < -0.4 is 0 Å². The summed E-state index contributed by atoms with van der Waals surface area (Å²) in [6.45, 7) is 25.1. The molecular weight excluding hydrogens is 532 g/mol. The first-order valence-electron chi connectivity index (χ1n) is 9.41. The summed E-state index contributed by atoms with van der Waals surface area (Å²) >= 11 is 0. The molecule has 0 aromatic rings. The fourth-order valence-corrected chi connectivity index (χ4v) is 6.04. The van der Waals surface area contributed by atoms with E-state index in [1.165, 1.54) is 55.5 Å². The fraction of sp³-hybridized carbons (Fsp3) is 0.947. The van der Waals surface area contributed by atoms with Crippen LogP contribution in [0.1, 0.15) is 62.3 Å². The molecule has 0 fully saturated rings. The van der Waals surface area contributed by atoms with E-state index in [-0.39, 0.29) is 21.1 Å². The van der Waals surface area contributed by atoms with Gasteiger partial charge >= 0.3 is 0 Å². The quantitative estimate of drug-likeness (QED) is 0.265. The summed E-state index contributed by atoms with van der Waals surface area (Å²) in [5.74, 6) is 0. The van der Waals surface area contributed by atoms with Crippen LogP contribution in [-0.4, -0.2) is 62.2 Å². The molecule has 5 heteroatoms. The number of hydrogen-bond acceptors (Lipinski definition) is 1. The second-order valence-corrected chi connectivity index (χ2v) is 14.6. The predicted octanol–water partition coefficient (Wildman–Crippen LogP) is 7.18. The van der Waals surface area contributed by atoms with Gasteiger partial charge in [0.1, 0.15) is 0 Å². The van der Waals surface area contributed by atoms with E-state index in [1.54, 1.807) is 0 Å². The van der Waals surface area contributed by atoms with Gasteiger partial charge in [-0.3, -0.25) is 4.79 Å². The fourth-order valence-electron chi connectivity index (χ4n) is 2.01. The van der Waals surface area contributed by atoms with Gasteiger partial charge in [0, 0.05) is 21.1 Å². The summed E-state index contributed by atoms with van der Waals surface area (Å²) in [6.07, 6.45) is 12.8. The average Bonchev–Trinajstić information content (AvgIpc) is 2.62. The van der Waals surface area contributed by atoms with Crippen LogP contribution in [0, 0.1) is 0 Å². The zero-order valence-corrected chi connectivity index (χ0v) is 22.9. The Morgan fingerprint density at radius 1 is 0.417 bits per heavy atom. The van der Waals surface area contributed by atoms with Crippen molar-refractivity contribution in [2.45, 2.75) is 62.3 Å². The van der Waals surface area contributed by atoms with E-state index in [4.69, 9.17) is 4.79 Å². The van der Waals surface area contributed by atoms with E-state index in [2.05, 4.69) is 69.1 Å². The van der Waals surface area contributed by atoms with Crippen LogP contribution in [0.15, 0.2) is 0 Å². The molecule has 0 amide bonds. The van der Waals surface area contributed by atoms with Crippen molar-refractivity contribution in [3.8, 4) is 0 Å².